The van der Waals surface area contributed by atoms with E-state index in [9.17, 15) is 4.39 Å². The summed E-state index contributed by atoms with van der Waals surface area (Å²) in [6, 6.07) is 12.5. The number of rotatable bonds is 3. The smallest absolute Gasteiger partial charge is 0.147 e. The largest absolute Gasteiger partial charge is 0.376 e. The van der Waals surface area contributed by atoms with Gasteiger partial charge in [0, 0.05) is 15.5 Å². The summed E-state index contributed by atoms with van der Waals surface area (Å²) in [5.41, 5.74) is 1.52. The minimum atomic E-state index is -0.346. The van der Waals surface area contributed by atoms with Crippen LogP contribution in [0, 0.1) is 5.82 Å². The maximum absolute atomic E-state index is 13.7. The Morgan fingerprint density at radius 2 is 1.94 bits per heavy atom. The summed E-state index contributed by atoms with van der Waals surface area (Å²) in [7, 11) is 0. The zero-order chi connectivity index (χ0) is 13.1. The van der Waals surface area contributed by atoms with Gasteiger partial charge in [-0.25, -0.2) is 4.39 Å². The van der Waals surface area contributed by atoms with Gasteiger partial charge in [-0.3, -0.25) is 0 Å². The van der Waals surface area contributed by atoms with Gasteiger partial charge in [-0.1, -0.05) is 45.7 Å². The molecule has 0 aromatic heterocycles. The predicted molar refractivity (Wildman–Crippen MR) is 77.6 cm³/mol. The molecule has 1 N–H and O–H groups in total. The normalized spacial score (nSPS) is 12.2. The molecule has 0 aliphatic rings. The van der Waals surface area contributed by atoms with Crippen molar-refractivity contribution in [3.63, 3.8) is 0 Å². The van der Waals surface area contributed by atoms with Crippen LogP contribution in [0.15, 0.2) is 46.9 Å². The summed E-state index contributed by atoms with van der Waals surface area (Å²) in [4.78, 5) is 0. The molecule has 0 heterocycles. The monoisotopic (exact) mass is 327 g/mol. The first-order valence-electron chi connectivity index (χ1n) is 5.54. The number of halogens is 3. The lowest BCUT2D eigenvalue weighted by atomic mass is 10.1. The Bertz CT molecular complexity index is 559. The number of hydrogen-bond donors (Lipinski definition) is 1. The van der Waals surface area contributed by atoms with Crippen LogP contribution < -0.4 is 5.32 Å². The van der Waals surface area contributed by atoms with Crippen LogP contribution in [0.3, 0.4) is 0 Å². The van der Waals surface area contributed by atoms with Gasteiger partial charge in [0.2, 0.25) is 0 Å². The topological polar surface area (TPSA) is 12.0 Å². The van der Waals surface area contributed by atoms with E-state index in [1.165, 1.54) is 6.07 Å². The summed E-state index contributed by atoms with van der Waals surface area (Å²) in [5.74, 6) is -0.346. The summed E-state index contributed by atoms with van der Waals surface area (Å²) < 4.78 is 14.7. The quantitative estimate of drug-likeness (QED) is 0.794. The molecule has 0 bridgehead atoms. The van der Waals surface area contributed by atoms with Gasteiger partial charge in [-0.2, -0.15) is 0 Å². The van der Waals surface area contributed by atoms with Crippen LogP contribution in [-0.2, 0) is 0 Å². The van der Waals surface area contributed by atoms with Crippen LogP contribution in [0.4, 0.5) is 10.1 Å². The molecule has 94 valence electrons. The third-order valence-electron chi connectivity index (χ3n) is 2.67. The molecule has 0 saturated heterocycles. The van der Waals surface area contributed by atoms with Crippen LogP contribution in [0.5, 0.6) is 0 Å². The second-order valence-electron chi connectivity index (χ2n) is 4.01. The van der Waals surface area contributed by atoms with Crippen molar-refractivity contribution in [2.45, 2.75) is 13.0 Å². The molecular formula is C14H12BrClFN. The van der Waals surface area contributed by atoms with Crippen LogP contribution in [0.1, 0.15) is 18.5 Å². The summed E-state index contributed by atoms with van der Waals surface area (Å²) in [5, 5.41) is 3.53. The van der Waals surface area contributed by atoms with E-state index in [4.69, 9.17) is 11.6 Å². The van der Waals surface area contributed by atoms with E-state index in [-0.39, 0.29) is 11.9 Å². The van der Waals surface area contributed by atoms with Crippen molar-refractivity contribution >= 4 is 33.2 Å². The van der Waals surface area contributed by atoms with Crippen molar-refractivity contribution in [1.29, 1.82) is 0 Å². The SMILES string of the molecule is CC(Nc1ccc(Cl)cc1F)c1ccccc1Br. The van der Waals surface area contributed by atoms with E-state index in [1.54, 1.807) is 12.1 Å². The van der Waals surface area contributed by atoms with Crippen molar-refractivity contribution in [3.05, 3.63) is 63.3 Å². The minimum Gasteiger partial charge on any atom is -0.376 e. The van der Waals surface area contributed by atoms with Crippen LogP contribution in [-0.4, -0.2) is 0 Å². The molecule has 0 radical (unpaired) electrons. The molecule has 2 aromatic rings. The first-order chi connectivity index (χ1) is 8.58. The van der Waals surface area contributed by atoms with Crippen molar-refractivity contribution in [2.24, 2.45) is 0 Å². The number of benzene rings is 2. The zero-order valence-corrected chi connectivity index (χ0v) is 12.1. The molecule has 1 nitrogen and oxygen atoms in total. The standard InChI is InChI=1S/C14H12BrClFN/c1-9(11-4-2-3-5-12(11)15)18-14-7-6-10(16)8-13(14)17/h2-9,18H,1H3. The highest BCUT2D eigenvalue weighted by Gasteiger charge is 2.11. The van der Waals surface area contributed by atoms with Crippen molar-refractivity contribution in [2.75, 3.05) is 5.32 Å². The van der Waals surface area contributed by atoms with Crippen LogP contribution in [0.2, 0.25) is 5.02 Å². The molecule has 1 atom stereocenters. The van der Waals surface area contributed by atoms with E-state index in [0.717, 1.165) is 10.0 Å². The summed E-state index contributed by atoms with van der Waals surface area (Å²) >= 11 is 9.21. The predicted octanol–water partition coefficient (Wildman–Crippen LogP) is 5.41. The number of hydrogen-bond acceptors (Lipinski definition) is 1. The summed E-state index contributed by atoms with van der Waals surface area (Å²) in [6.07, 6.45) is 0. The van der Waals surface area contributed by atoms with Crippen LogP contribution >= 0.6 is 27.5 Å². The van der Waals surface area contributed by atoms with Gasteiger partial charge in [0.25, 0.3) is 0 Å². The minimum absolute atomic E-state index is 0.00347. The molecule has 1 unspecified atom stereocenters. The number of anilines is 1. The molecule has 0 spiro atoms. The maximum atomic E-state index is 13.7. The van der Waals surface area contributed by atoms with Gasteiger partial charge in [-0.05, 0) is 36.8 Å². The fourth-order valence-corrected chi connectivity index (χ4v) is 2.53. The molecule has 0 fully saturated rings. The fraction of sp³-hybridized carbons (Fsp3) is 0.143. The Hall–Kier alpha value is -1.06. The highest BCUT2D eigenvalue weighted by molar-refractivity contribution is 9.10. The van der Waals surface area contributed by atoms with Gasteiger partial charge in [0.05, 0.1) is 5.69 Å². The highest BCUT2D eigenvalue weighted by Crippen LogP contribution is 2.27. The molecule has 0 saturated carbocycles. The Balaban J connectivity index is 2.21. The van der Waals surface area contributed by atoms with Gasteiger partial charge >= 0.3 is 0 Å². The fourth-order valence-electron chi connectivity index (χ4n) is 1.74. The Morgan fingerprint density at radius 1 is 1.22 bits per heavy atom. The third kappa shape index (κ3) is 3.03. The second-order valence-corrected chi connectivity index (χ2v) is 5.30. The lowest BCUT2D eigenvalue weighted by Crippen LogP contribution is -2.08. The van der Waals surface area contributed by atoms with E-state index in [2.05, 4.69) is 21.2 Å². The Labute approximate surface area is 119 Å². The second kappa shape index (κ2) is 5.72. The lowest BCUT2D eigenvalue weighted by Gasteiger charge is -2.17. The van der Waals surface area contributed by atoms with Gasteiger partial charge in [0.15, 0.2) is 0 Å². The molecule has 18 heavy (non-hydrogen) atoms. The van der Waals surface area contributed by atoms with E-state index in [1.807, 2.05) is 31.2 Å². The number of nitrogens with one attached hydrogen (secondary N) is 1. The molecule has 2 rings (SSSR count). The average Bonchev–Trinajstić information content (AvgIpc) is 2.33. The Kier molecular flexibility index (Phi) is 4.25. The molecule has 0 amide bonds. The first kappa shape index (κ1) is 13.4. The molecule has 4 heteroatoms. The third-order valence-corrected chi connectivity index (χ3v) is 3.63. The lowest BCUT2D eigenvalue weighted by molar-refractivity contribution is 0.627. The van der Waals surface area contributed by atoms with Gasteiger partial charge in [0.1, 0.15) is 5.82 Å². The molecular weight excluding hydrogens is 317 g/mol. The van der Waals surface area contributed by atoms with Crippen LogP contribution in [0.25, 0.3) is 0 Å². The highest BCUT2D eigenvalue weighted by atomic mass is 79.9. The maximum Gasteiger partial charge on any atom is 0.147 e. The van der Waals surface area contributed by atoms with E-state index < -0.39 is 0 Å². The molecule has 0 aliphatic carbocycles. The molecule has 2 aromatic carbocycles. The van der Waals surface area contributed by atoms with Crippen molar-refractivity contribution in [1.82, 2.24) is 0 Å². The molecule has 0 aliphatic heterocycles. The van der Waals surface area contributed by atoms with E-state index in [0.29, 0.717) is 10.7 Å². The average molecular weight is 329 g/mol. The first-order valence-corrected chi connectivity index (χ1v) is 6.71. The zero-order valence-electron chi connectivity index (χ0n) is 9.75. The van der Waals surface area contributed by atoms with Gasteiger partial charge in [-0.15, -0.1) is 0 Å². The van der Waals surface area contributed by atoms with Gasteiger partial charge < -0.3 is 5.32 Å². The Morgan fingerprint density at radius 3 is 2.61 bits per heavy atom. The van der Waals surface area contributed by atoms with Crippen molar-refractivity contribution < 1.29 is 4.39 Å². The van der Waals surface area contributed by atoms with Crippen molar-refractivity contribution in [3.8, 4) is 0 Å². The summed E-state index contributed by atoms with van der Waals surface area (Å²) in [6.45, 7) is 1.98. The van der Waals surface area contributed by atoms with E-state index >= 15 is 0 Å².